The van der Waals surface area contributed by atoms with Crippen molar-refractivity contribution >= 4 is 11.8 Å². The third-order valence-electron chi connectivity index (χ3n) is 5.36. The van der Waals surface area contributed by atoms with Crippen LogP contribution in [0.5, 0.6) is 0 Å². The van der Waals surface area contributed by atoms with E-state index in [9.17, 15) is 14.0 Å². The van der Waals surface area contributed by atoms with Gasteiger partial charge in [0, 0.05) is 33.8 Å². The van der Waals surface area contributed by atoms with E-state index in [0.717, 1.165) is 16.7 Å². The van der Waals surface area contributed by atoms with Crippen molar-refractivity contribution in [1.29, 1.82) is 0 Å². The Morgan fingerprint density at radius 1 is 1.17 bits per heavy atom. The Bertz CT molecular complexity index is 871. The molecule has 0 saturated carbocycles. The van der Waals surface area contributed by atoms with E-state index in [1.807, 2.05) is 30.3 Å². The van der Waals surface area contributed by atoms with Crippen LogP contribution < -0.4 is 0 Å². The molecule has 3 rings (SSSR count). The van der Waals surface area contributed by atoms with Gasteiger partial charge in [-0.1, -0.05) is 36.4 Å². The van der Waals surface area contributed by atoms with Crippen molar-refractivity contribution in [3.63, 3.8) is 0 Å². The molecule has 6 heteroatoms. The van der Waals surface area contributed by atoms with Crippen molar-refractivity contribution in [2.24, 2.45) is 5.92 Å². The van der Waals surface area contributed by atoms with Gasteiger partial charge in [0.15, 0.2) is 0 Å². The molecule has 1 unspecified atom stereocenters. The normalized spacial score (nSPS) is 17.3. The molecule has 0 aliphatic carbocycles. The van der Waals surface area contributed by atoms with Crippen molar-refractivity contribution in [3.8, 4) is 11.1 Å². The zero-order valence-corrected chi connectivity index (χ0v) is 16.9. The Kier molecular flexibility index (Phi) is 6.99. The summed E-state index contributed by atoms with van der Waals surface area (Å²) in [6.07, 6.45) is 0.797. The molecule has 2 aromatic rings. The van der Waals surface area contributed by atoms with E-state index in [2.05, 4.69) is 0 Å². The summed E-state index contributed by atoms with van der Waals surface area (Å²) >= 11 is 0. The summed E-state index contributed by atoms with van der Waals surface area (Å²) < 4.78 is 18.8. The number of ether oxygens (including phenoxy) is 1. The number of benzene rings is 2. The molecule has 1 aliphatic heterocycles. The number of likely N-dealkylation sites (N-methyl/N-ethyl adjacent to an activating group) is 1. The van der Waals surface area contributed by atoms with Crippen LogP contribution in [0, 0.1) is 11.7 Å². The van der Waals surface area contributed by atoms with Gasteiger partial charge in [-0.25, -0.2) is 4.39 Å². The summed E-state index contributed by atoms with van der Waals surface area (Å²) in [6.45, 7) is 1.78. The number of hydrogen-bond acceptors (Lipinski definition) is 3. The van der Waals surface area contributed by atoms with Crippen LogP contribution in [-0.2, 0) is 20.7 Å². The van der Waals surface area contributed by atoms with Crippen molar-refractivity contribution < 1.29 is 18.7 Å². The molecule has 0 spiro atoms. The first-order valence-corrected chi connectivity index (χ1v) is 9.85. The number of methoxy groups -OCH3 is 1. The highest BCUT2D eigenvalue weighted by Gasteiger charge is 2.31. The van der Waals surface area contributed by atoms with Crippen LogP contribution in [0.15, 0.2) is 48.5 Å². The molecule has 0 radical (unpaired) electrons. The number of hydrogen-bond donors (Lipinski definition) is 0. The number of halogens is 1. The molecule has 0 bridgehead atoms. The average molecular weight is 398 g/mol. The van der Waals surface area contributed by atoms with E-state index in [4.69, 9.17) is 4.74 Å². The second-order valence-corrected chi connectivity index (χ2v) is 7.41. The van der Waals surface area contributed by atoms with Crippen LogP contribution in [0.1, 0.15) is 12.0 Å². The summed E-state index contributed by atoms with van der Waals surface area (Å²) in [4.78, 5) is 28.9. The Morgan fingerprint density at radius 3 is 2.72 bits per heavy atom. The summed E-state index contributed by atoms with van der Waals surface area (Å²) in [7, 11) is 3.34. The summed E-state index contributed by atoms with van der Waals surface area (Å²) in [5, 5.41) is 0. The predicted molar refractivity (Wildman–Crippen MR) is 110 cm³/mol. The van der Waals surface area contributed by atoms with Crippen molar-refractivity contribution in [3.05, 3.63) is 59.9 Å². The molecule has 1 atom stereocenters. The highest BCUT2D eigenvalue weighted by atomic mass is 19.1. The van der Waals surface area contributed by atoms with Crippen molar-refractivity contribution in [2.45, 2.75) is 12.8 Å². The quantitative estimate of drug-likeness (QED) is 0.752. The molecule has 29 heavy (non-hydrogen) atoms. The summed E-state index contributed by atoms with van der Waals surface area (Å²) in [6, 6.07) is 14.2. The van der Waals surface area contributed by atoms with E-state index >= 15 is 0 Å². The van der Waals surface area contributed by atoms with E-state index < -0.39 is 0 Å². The van der Waals surface area contributed by atoms with Gasteiger partial charge in [-0.05, 0) is 35.2 Å². The number of carbonyl (C=O) groups is 2. The Labute approximate surface area is 171 Å². The molecular formula is C23H27FN2O3. The summed E-state index contributed by atoms with van der Waals surface area (Å²) in [5.41, 5.74) is 2.66. The standard InChI is InChI=1S/C23H27FN2O3/c1-25-11-12-26(22(27)10-13-29-2)16-19(23(25)28)14-17-6-3-4-9-21(17)18-7-5-8-20(24)15-18/h3-9,15,19H,10-14,16H2,1-2H3. The van der Waals surface area contributed by atoms with Crippen LogP contribution in [0.25, 0.3) is 11.1 Å². The zero-order valence-electron chi connectivity index (χ0n) is 16.9. The minimum Gasteiger partial charge on any atom is -0.384 e. The minimum absolute atomic E-state index is 0.00151. The molecule has 1 fully saturated rings. The smallest absolute Gasteiger partial charge is 0.227 e. The third kappa shape index (κ3) is 5.21. The lowest BCUT2D eigenvalue weighted by Gasteiger charge is -2.24. The molecule has 154 valence electrons. The predicted octanol–water partition coefficient (Wildman–Crippen LogP) is 2.99. The van der Waals surface area contributed by atoms with Gasteiger partial charge in [-0.3, -0.25) is 9.59 Å². The molecule has 0 N–H and O–H groups in total. The fourth-order valence-electron chi connectivity index (χ4n) is 3.76. The monoisotopic (exact) mass is 398 g/mol. The van der Waals surface area contributed by atoms with Crippen LogP contribution in [0.2, 0.25) is 0 Å². The van der Waals surface area contributed by atoms with Crippen molar-refractivity contribution in [2.75, 3.05) is 40.4 Å². The van der Waals surface area contributed by atoms with Gasteiger partial charge in [-0.15, -0.1) is 0 Å². The highest BCUT2D eigenvalue weighted by Crippen LogP contribution is 2.27. The lowest BCUT2D eigenvalue weighted by atomic mass is 9.91. The zero-order chi connectivity index (χ0) is 20.8. The highest BCUT2D eigenvalue weighted by molar-refractivity contribution is 5.82. The molecule has 1 aliphatic rings. The lowest BCUT2D eigenvalue weighted by molar-refractivity contribution is -0.134. The third-order valence-corrected chi connectivity index (χ3v) is 5.36. The molecule has 5 nitrogen and oxygen atoms in total. The van der Waals surface area contributed by atoms with Crippen LogP contribution in [-0.4, -0.2) is 62.0 Å². The lowest BCUT2D eigenvalue weighted by Crippen LogP contribution is -2.37. The van der Waals surface area contributed by atoms with Gasteiger partial charge in [0.1, 0.15) is 5.82 Å². The summed E-state index contributed by atoms with van der Waals surface area (Å²) in [5.74, 6) is -0.611. The topological polar surface area (TPSA) is 49.9 Å². The molecule has 1 heterocycles. The minimum atomic E-state index is -0.344. The van der Waals surface area contributed by atoms with Crippen LogP contribution >= 0.6 is 0 Å². The fourth-order valence-corrected chi connectivity index (χ4v) is 3.76. The second kappa shape index (κ2) is 9.65. The fraction of sp³-hybridized carbons (Fsp3) is 0.391. The molecule has 2 aromatic carbocycles. The van der Waals surface area contributed by atoms with Gasteiger partial charge in [0.2, 0.25) is 11.8 Å². The van der Waals surface area contributed by atoms with Crippen LogP contribution in [0.3, 0.4) is 0 Å². The van der Waals surface area contributed by atoms with Gasteiger partial charge in [0.25, 0.3) is 0 Å². The Balaban J connectivity index is 1.85. The van der Waals surface area contributed by atoms with Gasteiger partial charge >= 0.3 is 0 Å². The van der Waals surface area contributed by atoms with E-state index in [-0.39, 0.29) is 23.5 Å². The molecular weight excluding hydrogens is 371 g/mol. The average Bonchev–Trinajstić information content (AvgIpc) is 2.86. The first kappa shape index (κ1) is 21.0. The number of amides is 2. The maximum atomic E-state index is 13.7. The Hall–Kier alpha value is -2.73. The first-order valence-electron chi connectivity index (χ1n) is 9.85. The molecule has 1 saturated heterocycles. The van der Waals surface area contributed by atoms with E-state index in [1.165, 1.54) is 12.1 Å². The molecule has 0 aromatic heterocycles. The molecule has 2 amide bonds. The number of nitrogens with zero attached hydrogens (tertiary/aromatic N) is 2. The maximum absolute atomic E-state index is 13.7. The van der Waals surface area contributed by atoms with Crippen molar-refractivity contribution in [1.82, 2.24) is 9.80 Å². The Morgan fingerprint density at radius 2 is 1.97 bits per heavy atom. The maximum Gasteiger partial charge on any atom is 0.227 e. The number of rotatable bonds is 6. The van der Waals surface area contributed by atoms with Gasteiger partial charge in [-0.2, -0.15) is 0 Å². The largest absolute Gasteiger partial charge is 0.384 e. The van der Waals surface area contributed by atoms with Gasteiger partial charge in [0.05, 0.1) is 18.9 Å². The van der Waals surface area contributed by atoms with Gasteiger partial charge < -0.3 is 14.5 Å². The second-order valence-electron chi connectivity index (χ2n) is 7.41. The number of carbonyl (C=O) groups excluding carboxylic acids is 2. The van der Waals surface area contributed by atoms with E-state index in [0.29, 0.717) is 39.1 Å². The van der Waals surface area contributed by atoms with Crippen LogP contribution in [0.4, 0.5) is 4.39 Å². The SMILES string of the molecule is COCCC(=O)N1CCN(C)C(=O)C(Cc2ccccc2-c2cccc(F)c2)C1. The first-order chi connectivity index (χ1) is 14.0. The van der Waals surface area contributed by atoms with E-state index in [1.54, 1.807) is 30.0 Å².